The number of carbonyl (C=O) groups is 2. The van der Waals surface area contributed by atoms with Crippen LogP contribution < -0.4 is 16.4 Å². The lowest BCUT2D eigenvalue weighted by molar-refractivity contribution is -0.121. The molecule has 0 fully saturated rings. The van der Waals surface area contributed by atoms with E-state index in [1.807, 2.05) is 42.5 Å². The van der Waals surface area contributed by atoms with E-state index < -0.39 is 5.91 Å². The van der Waals surface area contributed by atoms with Gasteiger partial charge in [-0.25, -0.2) is 4.98 Å². The van der Waals surface area contributed by atoms with Gasteiger partial charge < -0.3 is 16.4 Å². The Bertz CT molecular complexity index is 1040. The Hall–Kier alpha value is -3.09. The number of nitrogens with zero attached hydrogens (tertiary/aromatic N) is 1. The Morgan fingerprint density at radius 3 is 2.43 bits per heavy atom. The second-order valence-electron chi connectivity index (χ2n) is 6.58. The molecule has 3 aromatic rings. The van der Waals surface area contributed by atoms with Crippen LogP contribution in [0.2, 0.25) is 10.0 Å². The largest absolute Gasteiger partial charge is 0.366 e. The third kappa shape index (κ3) is 5.72. The second-order valence-corrected chi connectivity index (χ2v) is 7.36. The minimum absolute atomic E-state index is 0.109. The van der Waals surface area contributed by atoms with Gasteiger partial charge in [-0.05, 0) is 41.8 Å². The number of nitrogens with one attached hydrogen (secondary N) is 2. The fourth-order valence-corrected chi connectivity index (χ4v) is 3.31. The molecular formula is C22H20Cl2N4O2. The molecule has 0 radical (unpaired) electrons. The van der Waals surface area contributed by atoms with Crippen LogP contribution >= 0.6 is 23.2 Å². The normalized spacial score (nSPS) is 10.5. The fraction of sp³-hybridized carbons (Fsp3) is 0.136. The number of carbonyl (C=O) groups excluding carboxylic acids is 2. The van der Waals surface area contributed by atoms with Crippen molar-refractivity contribution in [2.24, 2.45) is 5.73 Å². The maximum absolute atomic E-state index is 12.2. The fourth-order valence-electron chi connectivity index (χ4n) is 2.87. The number of aromatic nitrogens is 1. The molecule has 0 atom stereocenters. The van der Waals surface area contributed by atoms with Crippen LogP contribution in [0.4, 0.5) is 11.5 Å². The van der Waals surface area contributed by atoms with E-state index in [4.69, 9.17) is 28.9 Å². The molecule has 8 heteroatoms. The summed E-state index contributed by atoms with van der Waals surface area (Å²) in [6.07, 6.45) is 2.20. The minimum atomic E-state index is -0.673. The maximum Gasteiger partial charge on any atom is 0.250 e. The highest BCUT2D eigenvalue weighted by Crippen LogP contribution is 2.29. The van der Waals surface area contributed by atoms with E-state index in [9.17, 15) is 9.59 Å². The molecule has 0 saturated carbocycles. The van der Waals surface area contributed by atoms with Crippen molar-refractivity contribution in [2.75, 3.05) is 5.32 Å². The summed E-state index contributed by atoms with van der Waals surface area (Å²) in [6.45, 7) is 0.349. The van der Waals surface area contributed by atoms with E-state index in [1.165, 1.54) is 0 Å². The first kappa shape index (κ1) is 21.6. The summed E-state index contributed by atoms with van der Waals surface area (Å²) in [5.41, 5.74) is 7.95. The van der Waals surface area contributed by atoms with E-state index >= 15 is 0 Å². The third-order valence-corrected chi connectivity index (χ3v) is 5.21. The highest BCUT2D eigenvalue weighted by atomic mass is 35.5. The van der Waals surface area contributed by atoms with Crippen molar-refractivity contribution >= 4 is 46.5 Å². The Morgan fingerprint density at radius 2 is 1.77 bits per heavy atom. The quantitative estimate of drug-likeness (QED) is 0.478. The Balaban J connectivity index is 1.52. The number of hydrogen-bond donors (Lipinski definition) is 3. The van der Waals surface area contributed by atoms with Crippen molar-refractivity contribution in [3.63, 3.8) is 0 Å². The molecular weight excluding hydrogens is 423 g/mol. The number of para-hydroxylation sites is 1. The Kier molecular flexibility index (Phi) is 7.27. The first-order valence-electron chi connectivity index (χ1n) is 9.24. The van der Waals surface area contributed by atoms with Crippen LogP contribution in [0.15, 0.2) is 60.8 Å². The SMILES string of the molecule is NC(=O)c1c(CCC(=O)NCc2ccc(Nc3ccccc3)nc2)ccc(Cl)c1Cl. The van der Waals surface area contributed by atoms with Crippen LogP contribution in [0.5, 0.6) is 0 Å². The predicted molar refractivity (Wildman–Crippen MR) is 119 cm³/mol. The van der Waals surface area contributed by atoms with Gasteiger partial charge in [0.2, 0.25) is 5.91 Å². The van der Waals surface area contributed by atoms with Crippen LogP contribution in [0.1, 0.15) is 27.9 Å². The monoisotopic (exact) mass is 442 g/mol. The molecule has 0 aliphatic heterocycles. The van der Waals surface area contributed by atoms with E-state index in [-0.39, 0.29) is 27.9 Å². The van der Waals surface area contributed by atoms with Crippen LogP contribution in [0.3, 0.4) is 0 Å². The number of primary amides is 1. The molecule has 3 rings (SSSR count). The van der Waals surface area contributed by atoms with Crippen molar-refractivity contribution in [1.29, 1.82) is 0 Å². The van der Waals surface area contributed by atoms with Gasteiger partial charge in [0, 0.05) is 24.8 Å². The van der Waals surface area contributed by atoms with Crippen molar-refractivity contribution in [3.05, 3.63) is 87.5 Å². The lowest BCUT2D eigenvalue weighted by atomic mass is 10.0. The van der Waals surface area contributed by atoms with E-state index in [0.29, 0.717) is 18.5 Å². The molecule has 0 spiro atoms. The topological polar surface area (TPSA) is 97.1 Å². The molecule has 154 valence electrons. The van der Waals surface area contributed by atoms with Crippen molar-refractivity contribution in [2.45, 2.75) is 19.4 Å². The molecule has 0 aliphatic carbocycles. The zero-order chi connectivity index (χ0) is 21.5. The number of anilines is 2. The van der Waals surface area contributed by atoms with E-state index in [0.717, 1.165) is 17.1 Å². The van der Waals surface area contributed by atoms with Crippen molar-refractivity contribution in [1.82, 2.24) is 10.3 Å². The van der Waals surface area contributed by atoms with Crippen molar-refractivity contribution < 1.29 is 9.59 Å². The lowest BCUT2D eigenvalue weighted by Crippen LogP contribution is -2.23. The van der Waals surface area contributed by atoms with Gasteiger partial charge >= 0.3 is 0 Å². The second kappa shape index (κ2) is 10.1. The number of nitrogens with two attached hydrogens (primary N) is 1. The first-order chi connectivity index (χ1) is 14.4. The van der Waals surface area contributed by atoms with Gasteiger partial charge in [0.1, 0.15) is 5.82 Å². The summed E-state index contributed by atoms with van der Waals surface area (Å²) < 4.78 is 0. The van der Waals surface area contributed by atoms with Crippen molar-refractivity contribution in [3.8, 4) is 0 Å². The van der Waals surface area contributed by atoms with Gasteiger partial charge in [-0.2, -0.15) is 0 Å². The van der Waals surface area contributed by atoms with Crippen LogP contribution in [0.25, 0.3) is 0 Å². The van der Waals surface area contributed by atoms with Gasteiger partial charge in [-0.15, -0.1) is 0 Å². The van der Waals surface area contributed by atoms with Gasteiger partial charge in [-0.3, -0.25) is 9.59 Å². The van der Waals surface area contributed by atoms with Gasteiger partial charge in [-0.1, -0.05) is 53.5 Å². The van der Waals surface area contributed by atoms with Gasteiger partial charge in [0.25, 0.3) is 5.91 Å². The molecule has 0 aliphatic rings. The number of rotatable bonds is 8. The number of hydrogen-bond acceptors (Lipinski definition) is 4. The molecule has 0 unspecified atom stereocenters. The Morgan fingerprint density at radius 1 is 1.00 bits per heavy atom. The predicted octanol–water partition coefficient (Wildman–Crippen LogP) is 4.48. The first-order valence-corrected chi connectivity index (χ1v) is 10.00. The molecule has 1 heterocycles. The minimum Gasteiger partial charge on any atom is -0.366 e. The molecule has 30 heavy (non-hydrogen) atoms. The molecule has 6 nitrogen and oxygen atoms in total. The summed E-state index contributed by atoms with van der Waals surface area (Å²) in [7, 11) is 0. The molecule has 4 N–H and O–H groups in total. The zero-order valence-corrected chi connectivity index (χ0v) is 17.5. The highest BCUT2D eigenvalue weighted by Gasteiger charge is 2.16. The summed E-state index contributed by atoms with van der Waals surface area (Å²) in [5, 5.41) is 6.39. The van der Waals surface area contributed by atoms with Gasteiger partial charge in [0.05, 0.1) is 15.6 Å². The number of halogens is 2. The summed E-state index contributed by atoms with van der Waals surface area (Å²) >= 11 is 12.0. The number of pyridine rings is 1. The third-order valence-electron chi connectivity index (χ3n) is 4.41. The van der Waals surface area contributed by atoms with Crippen LogP contribution in [-0.2, 0) is 17.8 Å². The highest BCUT2D eigenvalue weighted by molar-refractivity contribution is 6.44. The average Bonchev–Trinajstić information content (AvgIpc) is 2.74. The average molecular weight is 443 g/mol. The van der Waals surface area contributed by atoms with E-state index in [1.54, 1.807) is 18.3 Å². The maximum atomic E-state index is 12.2. The summed E-state index contributed by atoms with van der Waals surface area (Å²) in [4.78, 5) is 28.2. The summed E-state index contributed by atoms with van der Waals surface area (Å²) in [6, 6.07) is 16.7. The van der Waals surface area contributed by atoms with Crippen LogP contribution in [0, 0.1) is 0 Å². The molecule has 0 bridgehead atoms. The Labute approximate surface area is 184 Å². The number of amides is 2. The standard InChI is InChI=1S/C22H20Cl2N4O2/c23-17-9-7-15(20(21(17)24)22(25)30)8-11-19(29)27-13-14-6-10-18(26-12-14)28-16-4-2-1-3-5-16/h1-7,9-10,12H,8,11,13H2,(H2,25,30)(H,26,28)(H,27,29). The summed E-state index contributed by atoms with van der Waals surface area (Å²) in [5.74, 6) is -0.119. The molecule has 1 aromatic heterocycles. The molecule has 2 aromatic carbocycles. The molecule has 2 amide bonds. The van der Waals surface area contributed by atoms with Gasteiger partial charge in [0.15, 0.2) is 0 Å². The lowest BCUT2D eigenvalue weighted by Gasteiger charge is -2.10. The smallest absolute Gasteiger partial charge is 0.250 e. The zero-order valence-electron chi connectivity index (χ0n) is 16.0. The number of aryl methyl sites for hydroxylation is 1. The molecule has 0 saturated heterocycles. The van der Waals surface area contributed by atoms with Crippen LogP contribution in [-0.4, -0.2) is 16.8 Å². The van der Waals surface area contributed by atoms with E-state index in [2.05, 4.69) is 15.6 Å². The number of benzene rings is 2.